The highest BCUT2D eigenvalue weighted by Gasteiger charge is 2.13. The van der Waals surface area contributed by atoms with Gasteiger partial charge in [0.15, 0.2) is 0 Å². The Hall–Kier alpha value is -0.720. The second kappa shape index (κ2) is 4.50. The first kappa shape index (κ1) is 10.4. The van der Waals surface area contributed by atoms with Crippen LogP contribution in [0.2, 0.25) is 4.47 Å². The fourth-order valence-corrected chi connectivity index (χ4v) is 1.36. The topological polar surface area (TPSA) is 75.1 Å². The lowest BCUT2D eigenvalue weighted by molar-refractivity contribution is 0.0921. The van der Waals surface area contributed by atoms with Crippen molar-refractivity contribution in [2.45, 2.75) is 13.0 Å². The van der Waals surface area contributed by atoms with E-state index >= 15 is 0 Å². The lowest BCUT2D eigenvalue weighted by atomic mass is 10.3. The summed E-state index contributed by atoms with van der Waals surface area (Å²) in [6.07, 6.45) is 0. The molecule has 0 aliphatic rings. The van der Waals surface area contributed by atoms with Gasteiger partial charge in [-0.3, -0.25) is 4.79 Å². The molecule has 2 N–H and O–H groups in total. The lowest BCUT2D eigenvalue weighted by Gasteiger charge is -2.07. The number of aliphatic hydroxyl groups is 1. The molecule has 1 amide bonds. The number of carbonyl (C=O) groups is 1. The van der Waals surface area contributed by atoms with Gasteiger partial charge in [0, 0.05) is 6.04 Å². The van der Waals surface area contributed by atoms with E-state index in [0.29, 0.717) is 0 Å². The third-order valence-corrected chi connectivity index (χ3v) is 2.26. The molecule has 1 atom stereocenters. The number of amides is 1. The summed E-state index contributed by atoms with van der Waals surface area (Å²) in [6, 6.07) is -0.296. The summed E-state index contributed by atoms with van der Waals surface area (Å²) in [7, 11) is 0. The van der Waals surface area contributed by atoms with E-state index in [1.165, 1.54) is 0 Å². The molecule has 7 heteroatoms. The summed E-state index contributed by atoms with van der Waals surface area (Å²) in [5, 5.41) is 18.4. The Labute approximate surface area is 83.7 Å². The van der Waals surface area contributed by atoms with Crippen LogP contribution in [0, 0.1) is 0 Å². The molecule has 1 heterocycles. The highest BCUT2D eigenvalue weighted by atomic mass is 35.5. The molecular weight excluding hydrogens is 214 g/mol. The number of aromatic nitrogens is 2. The number of halogens is 1. The fraction of sp³-hybridized carbons (Fsp3) is 0.500. The molecule has 0 radical (unpaired) electrons. The minimum atomic E-state index is -0.369. The van der Waals surface area contributed by atoms with Gasteiger partial charge in [-0.2, -0.15) is 0 Å². The summed E-state index contributed by atoms with van der Waals surface area (Å²) in [6.45, 7) is 1.57. The Morgan fingerprint density at radius 2 is 2.46 bits per heavy atom. The summed E-state index contributed by atoms with van der Waals surface area (Å²) < 4.78 is 0.224. The van der Waals surface area contributed by atoms with Crippen molar-refractivity contribution in [2.24, 2.45) is 0 Å². The average Bonchev–Trinajstić information content (AvgIpc) is 2.51. The maximum atomic E-state index is 11.3. The molecule has 13 heavy (non-hydrogen) atoms. The molecule has 0 aliphatic heterocycles. The van der Waals surface area contributed by atoms with Gasteiger partial charge < -0.3 is 10.4 Å². The van der Waals surface area contributed by atoms with E-state index in [0.717, 1.165) is 11.3 Å². The highest BCUT2D eigenvalue weighted by molar-refractivity contribution is 7.17. The first-order valence-electron chi connectivity index (χ1n) is 3.54. The van der Waals surface area contributed by atoms with Crippen molar-refractivity contribution < 1.29 is 9.90 Å². The van der Waals surface area contributed by atoms with Gasteiger partial charge in [-0.25, -0.2) is 0 Å². The van der Waals surface area contributed by atoms with E-state index in [4.69, 9.17) is 16.7 Å². The quantitative estimate of drug-likeness (QED) is 0.770. The van der Waals surface area contributed by atoms with Crippen molar-refractivity contribution in [3.8, 4) is 0 Å². The summed E-state index contributed by atoms with van der Waals surface area (Å²) in [5.74, 6) is -0.369. The van der Waals surface area contributed by atoms with Gasteiger partial charge in [0.25, 0.3) is 5.91 Å². The SMILES string of the molecule is CC(CO)NC(=O)c1nnc(Cl)s1. The molecule has 0 aliphatic carbocycles. The number of nitrogens with zero attached hydrogens (tertiary/aromatic N) is 2. The Bertz CT molecular complexity index is 304. The lowest BCUT2D eigenvalue weighted by Crippen LogP contribution is -2.34. The molecule has 0 saturated carbocycles. The Kier molecular flexibility index (Phi) is 3.58. The normalized spacial score (nSPS) is 12.5. The van der Waals surface area contributed by atoms with Gasteiger partial charge in [0.1, 0.15) is 0 Å². The van der Waals surface area contributed by atoms with E-state index < -0.39 is 0 Å². The second-order valence-corrected chi connectivity index (χ2v) is 3.98. The molecule has 5 nitrogen and oxygen atoms in total. The van der Waals surface area contributed by atoms with Crippen LogP contribution in [0.15, 0.2) is 0 Å². The molecule has 0 bridgehead atoms. The maximum Gasteiger partial charge on any atom is 0.282 e. The first-order chi connectivity index (χ1) is 6.13. The van der Waals surface area contributed by atoms with Crippen LogP contribution in [0.4, 0.5) is 0 Å². The third-order valence-electron chi connectivity index (χ3n) is 1.25. The molecule has 0 fully saturated rings. The minimum Gasteiger partial charge on any atom is -0.394 e. The van der Waals surface area contributed by atoms with Crippen LogP contribution < -0.4 is 5.32 Å². The molecule has 1 aromatic heterocycles. The van der Waals surface area contributed by atoms with Crippen molar-refractivity contribution >= 4 is 28.8 Å². The van der Waals surface area contributed by atoms with Crippen molar-refractivity contribution in [3.63, 3.8) is 0 Å². The smallest absolute Gasteiger partial charge is 0.282 e. The van der Waals surface area contributed by atoms with E-state index in [2.05, 4.69) is 15.5 Å². The van der Waals surface area contributed by atoms with Crippen LogP contribution >= 0.6 is 22.9 Å². The van der Waals surface area contributed by atoms with Crippen molar-refractivity contribution in [3.05, 3.63) is 9.47 Å². The molecule has 0 spiro atoms. The fourth-order valence-electron chi connectivity index (χ4n) is 0.628. The number of hydrogen-bond acceptors (Lipinski definition) is 5. The predicted molar refractivity (Wildman–Crippen MR) is 48.9 cm³/mol. The van der Waals surface area contributed by atoms with Crippen LogP contribution in [-0.2, 0) is 0 Å². The third kappa shape index (κ3) is 2.91. The largest absolute Gasteiger partial charge is 0.394 e. The number of hydrogen-bond donors (Lipinski definition) is 2. The van der Waals surface area contributed by atoms with E-state index in [-0.39, 0.29) is 28.0 Å². The zero-order valence-electron chi connectivity index (χ0n) is 6.82. The highest BCUT2D eigenvalue weighted by Crippen LogP contribution is 2.14. The Morgan fingerprint density at radius 3 is 2.92 bits per heavy atom. The molecular formula is C6H8ClN3O2S. The molecule has 0 aromatic carbocycles. The van der Waals surface area contributed by atoms with Crippen LogP contribution in [0.3, 0.4) is 0 Å². The van der Waals surface area contributed by atoms with Crippen molar-refractivity contribution in [1.82, 2.24) is 15.5 Å². The van der Waals surface area contributed by atoms with Crippen LogP contribution in [0.25, 0.3) is 0 Å². The monoisotopic (exact) mass is 221 g/mol. The second-order valence-electron chi connectivity index (χ2n) is 2.42. The van der Waals surface area contributed by atoms with E-state index in [1.807, 2.05) is 0 Å². The molecule has 1 unspecified atom stereocenters. The number of nitrogens with one attached hydrogen (secondary N) is 1. The zero-order valence-corrected chi connectivity index (χ0v) is 8.39. The van der Waals surface area contributed by atoms with E-state index in [1.54, 1.807) is 6.92 Å². The molecule has 1 rings (SSSR count). The van der Waals surface area contributed by atoms with Gasteiger partial charge in [-0.15, -0.1) is 10.2 Å². The molecule has 0 saturated heterocycles. The average molecular weight is 222 g/mol. The van der Waals surface area contributed by atoms with Crippen LogP contribution in [-0.4, -0.2) is 33.9 Å². The van der Waals surface area contributed by atoms with Crippen molar-refractivity contribution in [2.75, 3.05) is 6.61 Å². The first-order valence-corrected chi connectivity index (χ1v) is 4.73. The van der Waals surface area contributed by atoms with Crippen LogP contribution in [0.1, 0.15) is 16.7 Å². The van der Waals surface area contributed by atoms with Crippen LogP contribution in [0.5, 0.6) is 0 Å². The molecule has 72 valence electrons. The Morgan fingerprint density at radius 1 is 1.77 bits per heavy atom. The number of rotatable bonds is 3. The summed E-state index contributed by atoms with van der Waals surface area (Å²) in [5.41, 5.74) is 0. The number of carbonyl (C=O) groups excluding carboxylic acids is 1. The minimum absolute atomic E-state index is 0.113. The van der Waals surface area contributed by atoms with Gasteiger partial charge in [0.05, 0.1) is 6.61 Å². The standard InChI is InChI=1S/C6H8ClN3O2S/c1-3(2-11)8-4(12)5-9-10-6(7)13-5/h3,11H,2H2,1H3,(H,8,12). The van der Waals surface area contributed by atoms with E-state index in [9.17, 15) is 4.79 Å². The number of aliphatic hydroxyl groups excluding tert-OH is 1. The van der Waals surface area contributed by atoms with Gasteiger partial charge in [-0.05, 0) is 18.5 Å². The Balaban J connectivity index is 2.58. The maximum absolute atomic E-state index is 11.3. The van der Waals surface area contributed by atoms with Gasteiger partial charge in [-0.1, -0.05) is 11.3 Å². The predicted octanol–water partition coefficient (Wildman–Crippen LogP) is 0.302. The van der Waals surface area contributed by atoms with Gasteiger partial charge in [0.2, 0.25) is 9.47 Å². The van der Waals surface area contributed by atoms with Crippen molar-refractivity contribution in [1.29, 1.82) is 0 Å². The van der Waals surface area contributed by atoms with Gasteiger partial charge >= 0.3 is 0 Å². The molecule has 1 aromatic rings. The summed E-state index contributed by atoms with van der Waals surface area (Å²) in [4.78, 5) is 11.3. The zero-order chi connectivity index (χ0) is 9.84. The summed E-state index contributed by atoms with van der Waals surface area (Å²) >= 11 is 6.49.